The van der Waals surface area contributed by atoms with Crippen molar-refractivity contribution in [1.29, 1.82) is 0 Å². The zero-order valence-electron chi connectivity index (χ0n) is 7.35. The van der Waals surface area contributed by atoms with Crippen molar-refractivity contribution in [2.75, 3.05) is 6.61 Å². The van der Waals surface area contributed by atoms with Crippen LogP contribution in [0.2, 0.25) is 0 Å². The van der Waals surface area contributed by atoms with E-state index in [2.05, 4.69) is 4.84 Å². The van der Waals surface area contributed by atoms with E-state index in [1.54, 1.807) is 0 Å². The van der Waals surface area contributed by atoms with E-state index in [1.165, 1.54) is 0 Å². The quantitative estimate of drug-likeness (QED) is 0.560. The minimum absolute atomic E-state index is 0. The third-order valence-corrected chi connectivity index (χ3v) is 2.31. The first-order chi connectivity index (χ1) is 5.68. The van der Waals surface area contributed by atoms with E-state index in [4.69, 9.17) is 5.73 Å². The van der Waals surface area contributed by atoms with Crippen LogP contribution in [-0.2, 0) is 4.84 Å². The molecule has 0 aromatic carbocycles. The average Bonchev–Trinajstić information content (AvgIpc) is 2.03. The lowest BCUT2D eigenvalue weighted by atomic mass is 9.87. The van der Waals surface area contributed by atoms with Gasteiger partial charge in [0.25, 0.3) is 5.09 Å². The van der Waals surface area contributed by atoms with Gasteiger partial charge in [-0.1, -0.05) is 0 Å². The molecule has 0 aromatic heterocycles. The molecule has 1 aliphatic carbocycles. The van der Waals surface area contributed by atoms with E-state index in [0.717, 1.165) is 25.7 Å². The molecular formula is C7H15ClN2O3. The number of nitrogens with zero attached hydrogens (tertiary/aromatic N) is 1. The minimum Gasteiger partial charge on any atom is -0.328 e. The van der Waals surface area contributed by atoms with Crippen molar-refractivity contribution >= 4 is 12.4 Å². The molecule has 78 valence electrons. The Bertz CT molecular complexity index is 160. The van der Waals surface area contributed by atoms with Gasteiger partial charge in [-0.2, -0.15) is 0 Å². The molecule has 0 amide bonds. The smallest absolute Gasteiger partial charge is 0.294 e. The number of halogens is 1. The normalized spacial score (nSPS) is 27.5. The fourth-order valence-electron chi connectivity index (χ4n) is 1.52. The minimum atomic E-state index is -0.728. The van der Waals surface area contributed by atoms with Gasteiger partial charge in [0.2, 0.25) is 0 Å². The predicted octanol–water partition coefficient (Wildman–Crippen LogP) is 1.13. The third kappa shape index (κ3) is 4.90. The zero-order valence-corrected chi connectivity index (χ0v) is 8.16. The van der Waals surface area contributed by atoms with Gasteiger partial charge in [0.15, 0.2) is 0 Å². The molecule has 0 spiro atoms. The number of nitrogens with two attached hydrogens (primary N) is 1. The second-order valence-electron chi connectivity index (χ2n) is 3.30. The fourth-order valence-corrected chi connectivity index (χ4v) is 1.52. The van der Waals surface area contributed by atoms with Crippen LogP contribution in [0.3, 0.4) is 0 Å². The van der Waals surface area contributed by atoms with E-state index in [0.29, 0.717) is 5.92 Å². The Balaban J connectivity index is 0.00000144. The molecule has 0 bridgehead atoms. The van der Waals surface area contributed by atoms with Gasteiger partial charge < -0.3 is 10.6 Å². The second-order valence-corrected chi connectivity index (χ2v) is 3.30. The van der Waals surface area contributed by atoms with Gasteiger partial charge >= 0.3 is 0 Å². The molecular weight excluding hydrogens is 196 g/mol. The number of rotatable bonds is 3. The van der Waals surface area contributed by atoms with Gasteiger partial charge in [0.05, 0.1) is 6.61 Å². The van der Waals surface area contributed by atoms with Crippen molar-refractivity contribution in [1.82, 2.24) is 0 Å². The number of hydrogen-bond acceptors (Lipinski definition) is 4. The first kappa shape index (κ1) is 12.4. The lowest BCUT2D eigenvalue weighted by Gasteiger charge is -2.24. The maximum Gasteiger partial charge on any atom is 0.294 e. The molecule has 1 rings (SSSR count). The van der Waals surface area contributed by atoms with E-state index in [-0.39, 0.29) is 25.1 Å². The van der Waals surface area contributed by atoms with Crippen LogP contribution in [0.5, 0.6) is 0 Å². The summed E-state index contributed by atoms with van der Waals surface area (Å²) in [7, 11) is 0. The van der Waals surface area contributed by atoms with Crippen molar-refractivity contribution in [3.8, 4) is 0 Å². The van der Waals surface area contributed by atoms with Gasteiger partial charge in [-0.3, -0.25) is 0 Å². The summed E-state index contributed by atoms with van der Waals surface area (Å²) in [5, 5.41) is 9.14. The molecule has 0 aromatic rings. The second kappa shape index (κ2) is 5.99. The largest absolute Gasteiger partial charge is 0.328 e. The Morgan fingerprint density at radius 3 is 2.38 bits per heavy atom. The van der Waals surface area contributed by atoms with Crippen molar-refractivity contribution in [2.45, 2.75) is 31.7 Å². The van der Waals surface area contributed by atoms with Crippen LogP contribution in [0.25, 0.3) is 0 Å². The van der Waals surface area contributed by atoms with Gasteiger partial charge in [0.1, 0.15) is 0 Å². The van der Waals surface area contributed by atoms with Crippen LogP contribution in [0.1, 0.15) is 25.7 Å². The molecule has 1 aliphatic rings. The van der Waals surface area contributed by atoms with Crippen molar-refractivity contribution in [3.63, 3.8) is 0 Å². The molecule has 0 heterocycles. The van der Waals surface area contributed by atoms with E-state index < -0.39 is 5.09 Å². The lowest BCUT2D eigenvalue weighted by molar-refractivity contribution is -0.759. The summed E-state index contributed by atoms with van der Waals surface area (Å²) < 4.78 is 0. The third-order valence-electron chi connectivity index (χ3n) is 2.31. The average molecular weight is 211 g/mol. The van der Waals surface area contributed by atoms with Crippen molar-refractivity contribution in [3.05, 3.63) is 10.1 Å². The Kier molecular flexibility index (Phi) is 5.73. The van der Waals surface area contributed by atoms with Crippen LogP contribution in [0, 0.1) is 16.0 Å². The first-order valence-corrected chi connectivity index (χ1v) is 4.21. The summed E-state index contributed by atoms with van der Waals surface area (Å²) in [6.45, 7) is 0.236. The first-order valence-electron chi connectivity index (χ1n) is 4.21. The zero-order chi connectivity index (χ0) is 8.97. The van der Waals surface area contributed by atoms with Crippen LogP contribution in [0.4, 0.5) is 0 Å². The molecule has 2 N–H and O–H groups in total. The molecule has 5 nitrogen and oxygen atoms in total. The highest BCUT2D eigenvalue weighted by atomic mass is 35.5. The predicted molar refractivity (Wildman–Crippen MR) is 50.1 cm³/mol. The fraction of sp³-hybridized carbons (Fsp3) is 1.00. The van der Waals surface area contributed by atoms with Crippen LogP contribution >= 0.6 is 12.4 Å². The Labute approximate surface area is 83.1 Å². The molecule has 0 unspecified atom stereocenters. The van der Waals surface area contributed by atoms with E-state index >= 15 is 0 Å². The van der Waals surface area contributed by atoms with Gasteiger partial charge in [-0.05, 0) is 31.6 Å². The summed E-state index contributed by atoms with van der Waals surface area (Å²) >= 11 is 0. The Morgan fingerprint density at radius 1 is 1.38 bits per heavy atom. The van der Waals surface area contributed by atoms with Crippen molar-refractivity contribution in [2.24, 2.45) is 11.7 Å². The van der Waals surface area contributed by atoms with Crippen LogP contribution < -0.4 is 5.73 Å². The summed E-state index contributed by atoms with van der Waals surface area (Å²) in [5.41, 5.74) is 5.68. The lowest BCUT2D eigenvalue weighted by Crippen LogP contribution is -2.28. The SMILES string of the molecule is Cl.NC1CCC(CO[N+](=O)[O-])CC1. The Morgan fingerprint density at radius 2 is 1.92 bits per heavy atom. The molecule has 1 saturated carbocycles. The van der Waals surface area contributed by atoms with Gasteiger partial charge in [0, 0.05) is 6.04 Å². The highest BCUT2D eigenvalue weighted by Gasteiger charge is 2.19. The highest BCUT2D eigenvalue weighted by molar-refractivity contribution is 5.85. The van der Waals surface area contributed by atoms with Gasteiger partial charge in [-0.15, -0.1) is 22.5 Å². The standard InChI is InChI=1S/C7H14N2O3.ClH/c8-7-3-1-6(2-4-7)5-12-9(10)11;/h6-7H,1-5,8H2;1H. The highest BCUT2D eigenvalue weighted by Crippen LogP contribution is 2.23. The summed E-state index contributed by atoms with van der Waals surface area (Å²) in [4.78, 5) is 14.2. The molecule has 13 heavy (non-hydrogen) atoms. The maximum atomic E-state index is 9.86. The summed E-state index contributed by atoms with van der Waals surface area (Å²) in [6.07, 6.45) is 3.83. The van der Waals surface area contributed by atoms with E-state index in [1.807, 2.05) is 0 Å². The topological polar surface area (TPSA) is 78.4 Å². The molecule has 0 saturated heterocycles. The molecule has 1 fully saturated rings. The Hall–Kier alpha value is -0.550. The summed E-state index contributed by atoms with van der Waals surface area (Å²) in [6, 6.07) is 0.289. The van der Waals surface area contributed by atoms with Crippen molar-refractivity contribution < 1.29 is 9.92 Å². The molecule has 6 heteroatoms. The monoisotopic (exact) mass is 210 g/mol. The summed E-state index contributed by atoms with van der Waals surface area (Å²) in [5.74, 6) is 0.329. The van der Waals surface area contributed by atoms with Crippen LogP contribution in [0.15, 0.2) is 0 Å². The molecule has 0 aliphatic heterocycles. The maximum absolute atomic E-state index is 9.86. The number of hydrogen-bond donors (Lipinski definition) is 1. The molecule has 0 radical (unpaired) electrons. The van der Waals surface area contributed by atoms with Gasteiger partial charge in [-0.25, -0.2) is 0 Å². The van der Waals surface area contributed by atoms with Crippen LogP contribution in [-0.4, -0.2) is 17.7 Å². The van der Waals surface area contributed by atoms with E-state index in [9.17, 15) is 10.1 Å². The molecule has 0 atom stereocenters.